The number of hydrogen-bond acceptors (Lipinski definition) is 3. The van der Waals surface area contributed by atoms with E-state index in [0.717, 1.165) is 39.7 Å². The van der Waals surface area contributed by atoms with Gasteiger partial charge in [-0.15, -0.1) is 0 Å². The van der Waals surface area contributed by atoms with Crippen molar-refractivity contribution < 1.29 is 0 Å². The number of nitrogens with zero attached hydrogens (tertiary/aromatic N) is 4. The van der Waals surface area contributed by atoms with Crippen LogP contribution < -0.4 is 4.90 Å². The molecule has 46 heavy (non-hydrogen) atoms. The molecule has 4 nitrogen and oxygen atoms in total. The third-order valence-electron chi connectivity index (χ3n) is 9.09. The molecule has 10 rings (SSSR count). The zero-order valence-electron chi connectivity index (χ0n) is 24.7. The van der Waals surface area contributed by atoms with Gasteiger partial charge in [-0.1, -0.05) is 109 Å². The molecule has 0 saturated heterocycles. The van der Waals surface area contributed by atoms with Gasteiger partial charge in [0.05, 0.1) is 33.4 Å². The molecule has 0 atom stereocenters. The lowest BCUT2D eigenvalue weighted by atomic mass is 10.1. The highest BCUT2D eigenvalue weighted by atomic mass is 32.2. The van der Waals surface area contributed by atoms with Gasteiger partial charge in [0, 0.05) is 37.0 Å². The Morgan fingerprint density at radius 3 is 1.59 bits per heavy atom. The molecule has 6 aromatic carbocycles. The lowest BCUT2D eigenvalue weighted by Gasteiger charge is -2.32. The van der Waals surface area contributed by atoms with E-state index in [1.807, 2.05) is 11.8 Å². The van der Waals surface area contributed by atoms with Gasteiger partial charge in [-0.2, -0.15) is 0 Å². The van der Waals surface area contributed by atoms with E-state index in [1.54, 1.807) is 0 Å². The summed E-state index contributed by atoms with van der Waals surface area (Å²) in [5.74, 6) is 1.77. The Morgan fingerprint density at radius 1 is 0.391 bits per heavy atom. The maximum atomic E-state index is 5.47. The van der Waals surface area contributed by atoms with Crippen molar-refractivity contribution in [3.63, 3.8) is 0 Å². The number of para-hydroxylation sites is 5. The van der Waals surface area contributed by atoms with Gasteiger partial charge in [0.15, 0.2) is 0 Å². The second kappa shape index (κ2) is 9.86. The van der Waals surface area contributed by atoms with E-state index in [9.17, 15) is 0 Å². The summed E-state index contributed by atoms with van der Waals surface area (Å²) in [4.78, 5) is 10.2. The van der Waals surface area contributed by atoms with E-state index in [0.29, 0.717) is 0 Å². The van der Waals surface area contributed by atoms with E-state index in [-0.39, 0.29) is 0 Å². The van der Waals surface area contributed by atoms with Crippen molar-refractivity contribution >= 4 is 72.6 Å². The average Bonchev–Trinajstić information content (AvgIpc) is 3.64. The SMILES string of the molecule is c1ccc(-n2c3ccccc3c3ccc4c5ccccc5n(-c5cccc(N6c7ccccc7Sc7ccccc76)n5)c4c32)cc1. The molecule has 5 heteroatoms. The van der Waals surface area contributed by atoms with Crippen LogP contribution in [0.2, 0.25) is 0 Å². The van der Waals surface area contributed by atoms with Gasteiger partial charge in [0.1, 0.15) is 11.6 Å². The number of rotatable bonds is 3. The van der Waals surface area contributed by atoms with Crippen LogP contribution in [0.4, 0.5) is 17.2 Å². The van der Waals surface area contributed by atoms with Crippen molar-refractivity contribution in [2.24, 2.45) is 0 Å². The van der Waals surface area contributed by atoms with Gasteiger partial charge in [-0.25, -0.2) is 4.98 Å². The number of pyridine rings is 1. The molecule has 9 aromatic rings. The highest BCUT2D eigenvalue weighted by Gasteiger charge is 2.26. The van der Waals surface area contributed by atoms with E-state index in [1.165, 1.54) is 42.4 Å². The van der Waals surface area contributed by atoms with Crippen molar-refractivity contribution in [1.29, 1.82) is 0 Å². The topological polar surface area (TPSA) is 26.0 Å². The van der Waals surface area contributed by atoms with Crippen molar-refractivity contribution in [1.82, 2.24) is 14.1 Å². The normalized spacial score (nSPS) is 12.7. The maximum Gasteiger partial charge on any atom is 0.140 e. The second-order valence-corrected chi connectivity index (χ2v) is 12.7. The third kappa shape index (κ3) is 3.60. The molecule has 0 spiro atoms. The average molecular weight is 607 g/mol. The van der Waals surface area contributed by atoms with E-state index < -0.39 is 0 Å². The van der Waals surface area contributed by atoms with Crippen molar-refractivity contribution in [3.05, 3.63) is 158 Å². The molecule has 0 N–H and O–H groups in total. The Bertz CT molecular complexity index is 2590. The zero-order valence-corrected chi connectivity index (χ0v) is 25.5. The number of anilines is 3. The smallest absolute Gasteiger partial charge is 0.140 e. The summed E-state index contributed by atoms with van der Waals surface area (Å²) in [6, 6.07) is 56.3. The highest BCUT2D eigenvalue weighted by molar-refractivity contribution is 7.99. The van der Waals surface area contributed by atoms with Gasteiger partial charge >= 0.3 is 0 Å². The van der Waals surface area contributed by atoms with Gasteiger partial charge in [-0.05, 0) is 60.7 Å². The minimum atomic E-state index is 0.884. The molecule has 4 heterocycles. The molecule has 1 aliphatic heterocycles. The van der Waals surface area contributed by atoms with Crippen LogP contribution in [0.3, 0.4) is 0 Å². The van der Waals surface area contributed by atoms with Crippen LogP contribution in [0, 0.1) is 0 Å². The van der Waals surface area contributed by atoms with Crippen LogP contribution in [0.5, 0.6) is 0 Å². The quantitative estimate of drug-likeness (QED) is 0.200. The zero-order chi connectivity index (χ0) is 30.2. The van der Waals surface area contributed by atoms with Crippen molar-refractivity contribution in [3.8, 4) is 11.5 Å². The van der Waals surface area contributed by atoms with Crippen LogP contribution >= 0.6 is 11.8 Å². The first kappa shape index (κ1) is 25.5. The van der Waals surface area contributed by atoms with Crippen LogP contribution in [0.25, 0.3) is 55.1 Å². The first-order chi connectivity index (χ1) is 22.8. The Balaban J connectivity index is 1.31. The molecule has 0 radical (unpaired) electrons. The molecule has 0 bridgehead atoms. The predicted octanol–water partition coefficient (Wildman–Crippen LogP) is 11.2. The summed E-state index contributed by atoms with van der Waals surface area (Å²) in [5, 5.41) is 4.88. The Hall–Kier alpha value is -5.78. The molecule has 0 fully saturated rings. The number of benzene rings is 6. The lowest BCUT2D eigenvalue weighted by molar-refractivity contribution is 1.04. The Kier molecular flexibility index (Phi) is 5.47. The monoisotopic (exact) mass is 606 g/mol. The fraction of sp³-hybridized carbons (Fsp3) is 0. The summed E-state index contributed by atoms with van der Waals surface area (Å²) >= 11 is 1.81. The molecule has 3 aromatic heterocycles. The van der Waals surface area contributed by atoms with E-state index in [2.05, 4.69) is 172 Å². The molecule has 0 unspecified atom stereocenters. The van der Waals surface area contributed by atoms with Crippen LogP contribution in [0.15, 0.2) is 168 Å². The minimum Gasteiger partial charge on any atom is -0.307 e. The Morgan fingerprint density at radius 2 is 0.913 bits per heavy atom. The maximum absolute atomic E-state index is 5.47. The van der Waals surface area contributed by atoms with Gasteiger partial charge in [0.25, 0.3) is 0 Å². The summed E-state index contributed by atoms with van der Waals surface area (Å²) in [6.45, 7) is 0. The van der Waals surface area contributed by atoms with Gasteiger partial charge in [0.2, 0.25) is 0 Å². The molecular formula is C41H26N4S. The van der Waals surface area contributed by atoms with Gasteiger partial charge < -0.3 is 4.57 Å². The summed E-state index contributed by atoms with van der Waals surface area (Å²) in [5.41, 5.74) is 8.08. The standard InChI is InChI=1S/C41H26N4S/c1-2-13-27(14-3-1)43-32-17-6-4-15-28(32)30-25-26-31-29-16-5-7-18-33(29)45(41(31)40(30)43)39-24-12-23-38(42-39)44-34-19-8-10-21-36(34)46-37-22-11-9-20-35(37)44/h1-26H. The number of aromatic nitrogens is 3. The number of fused-ring (bicyclic) bond motifs is 9. The van der Waals surface area contributed by atoms with Crippen molar-refractivity contribution in [2.75, 3.05) is 4.90 Å². The number of hydrogen-bond donors (Lipinski definition) is 0. The summed E-state index contributed by atoms with van der Waals surface area (Å²) in [6.07, 6.45) is 0. The molecular weight excluding hydrogens is 581 g/mol. The lowest BCUT2D eigenvalue weighted by Crippen LogP contribution is -2.16. The van der Waals surface area contributed by atoms with Crippen molar-refractivity contribution in [2.45, 2.75) is 9.79 Å². The second-order valence-electron chi connectivity index (χ2n) is 11.6. The summed E-state index contributed by atoms with van der Waals surface area (Å²) < 4.78 is 4.78. The molecule has 0 aliphatic carbocycles. The largest absolute Gasteiger partial charge is 0.307 e. The summed E-state index contributed by atoms with van der Waals surface area (Å²) in [7, 11) is 0. The van der Waals surface area contributed by atoms with Crippen LogP contribution in [-0.4, -0.2) is 14.1 Å². The first-order valence-corrected chi connectivity index (χ1v) is 16.3. The third-order valence-corrected chi connectivity index (χ3v) is 10.2. The predicted molar refractivity (Wildman–Crippen MR) is 192 cm³/mol. The molecule has 0 saturated carbocycles. The highest BCUT2D eigenvalue weighted by Crippen LogP contribution is 2.51. The Labute approximate surface area is 269 Å². The van der Waals surface area contributed by atoms with E-state index in [4.69, 9.17) is 4.98 Å². The van der Waals surface area contributed by atoms with Crippen LogP contribution in [-0.2, 0) is 0 Å². The fourth-order valence-electron chi connectivity index (χ4n) is 7.20. The van der Waals surface area contributed by atoms with E-state index >= 15 is 0 Å². The van der Waals surface area contributed by atoms with Gasteiger partial charge in [-0.3, -0.25) is 9.47 Å². The molecule has 1 aliphatic rings. The molecule has 216 valence electrons. The van der Waals surface area contributed by atoms with Crippen LogP contribution in [0.1, 0.15) is 0 Å². The fourth-order valence-corrected chi connectivity index (χ4v) is 8.25. The molecule has 0 amide bonds. The first-order valence-electron chi connectivity index (χ1n) is 15.5. The minimum absolute atomic E-state index is 0.884.